The molecule has 1 aliphatic heterocycles. The lowest BCUT2D eigenvalue weighted by Crippen LogP contribution is -2.47. The van der Waals surface area contributed by atoms with Crippen molar-refractivity contribution in [1.29, 1.82) is 0 Å². The fourth-order valence-electron chi connectivity index (χ4n) is 2.93. The minimum atomic E-state index is 0.189. The number of hydrogen-bond acceptors (Lipinski definition) is 3. The van der Waals surface area contributed by atoms with Gasteiger partial charge in [0, 0.05) is 12.1 Å². The lowest BCUT2D eigenvalue weighted by molar-refractivity contribution is 0.0514. The molecule has 1 aromatic rings. The van der Waals surface area contributed by atoms with E-state index >= 15 is 0 Å². The van der Waals surface area contributed by atoms with Gasteiger partial charge in [-0.1, -0.05) is 13.8 Å². The van der Waals surface area contributed by atoms with E-state index in [9.17, 15) is 4.79 Å². The van der Waals surface area contributed by atoms with Gasteiger partial charge in [-0.2, -0.15) is 0 Å². The molecule has 0 bridgehead atoms. The van der Waals surface area contributed by atoms with Crippen molar-refractivity contribution in [2.24, 2.45) is 0 Å². The van der Waals surface area contributed by atoms with Gasteiger partial charge in [-0.05, 0) is 46.0 Å². The van der Waals surface area contributed by atoms with Crippen molar-refractivity contribution in [2.45, 2.75) is 71.9 Å². The van der Waals surface area contributed by atoms with Crippen molar-refractivity contribution >= 4 is 17.2 Å². The monoisotopic (exact) mass is 280 g/mol. The fourth-order valence-corrected chi connectivity index (χ4v) is 3.94. The second-order valence-corrected chi connectivity index (χ2v) is 7.15. The Morgan fingerprint density at radius 1 is 1.32 bits per heavy atom. The lowest BCUT2D eigenvalue weighted by atomic mass is 9.97. The van der Waals surface area contributed by atoms with Crippen LogP contribution in [0.5, 0.6) is 0 Å². The number of carbonyl (C=O) groups excluding carboxylic acids is 1. The first-order valence-corrected chi connectivity index (χ1v) is 8.03. The Morgan fingerprint density at radius 3 is 2.42 bits per heavy atom. The zero-order valence-corrected chi connectivity index (χ0v) is 13.4. The number of rotatable bonds is 2. The Hall–Kier alpha value is -0.900. The molecule has 1 fully saturated rings. The van der Waals surface area contributed by atoms with E-state index in [-0.39, 0.29) is 5.91 Å². The highest BCUT2D eigenvalue weighted by Gasteiger charge is 2.32. The molecule has 106 valence electrons. The molecule has 1 aromatic heterocycles. The van der Waals surface area contributed by atoms with Crippen molar-refractivity contribution in [3.63, 3.8) is 0 Å². The molecule has 0 saturated carbocycles. The molecule has 0 spiro atoms. The maximum atomic E-state index is 12.9. The summed E-state index contributed by atoms with van der Waals surface area (Å²) in [6, 6.07) is 0.692. The summed E-state index contributed by atoms with van der Waals surface area (Å²) in [5.74, 6) is 0.494. The van der Waals surface area contributed by atoms with Gasteiger partial charge in [-0.25, -0.2) is 4.98 Å². The molecule has 0 radical (unpaired) electrons. The van der Waals surface area contributed by atoms with Gasteiger partial charge in [-0.3, -0.25) is 4.79 Å². The number of amides is 1. The highest BCUT2D eigenvalue weighted by molar-refractivity contribution is 7.13. The first-order valence-electron chi connectivity index (χ1n) is 7.21. The van der Waals surface area contributed by atoms with Gasteiger partial charge in [0.2, 0.25) is 0 Å². The standard InChI is InChI=1S/C15H24N2OS/c1-9(2)13-14(19-12(5)16-13)15(18)17-10(3)7-6-8-11(17)4/h9-11H,6-8H2,1-5H3. The number of thiazole rings is 1. The Kier molecular flexibility index (Phi) is 4.29. The molecule has 2 unspecified atom stereocenters. The van der Waals surface area contributed by atoms with Crippen LogP contribution in [0, 0.1) is 6.92 Å². The second kappa shape index (κ2) is 5.61. The first-order chi connectivity index (χ1) is 8.91. The van der Waals surface area contributed by atoms with Crippen molar-refractivity contribution in [2.75, 3.05) is 0 Å². The third-order valence-electron chi connectivity index (χ3n) is 3.93. The molecule has 1 aliphatic rings. The Morgan fingerprint density at radius 2 is 1.89 bits per heavy atom. The number of carbonyl (C=O) groups is 1. The maximum absolute atomic E-state index is 12.9. The molecular weight excluding hydrogens is 256 g/mol. The maximum Gasteiger partial charge on any atom is 0.266 e. The van der Waals surface area contributed by atoms with E-state index in [2.05, 4.69) is 37.6 Å². The van der Waals surface area contributed by atoms with Crippen LogP contribution in [0.4, 0.5) is 0 Å². The average molecular weight is 280 g/mol. The van der Waals surface area contributed by atoms with Gasteiger partial charge in [0.1, 0.15) is 4.88 Å². The van der Waals surface area contributed by atoms with E-state index < -0.39 is 0 Å². The van der Waals surface area contributed by atoms with Crippen LogP contribution in [0.2, 0.25) is 0 Å². The Labute approximate surface area is 120 Å². The Balaban J connectivity index is 2.33. The SMILES string of the molecule is Cc1nc(C(C)C)c(C(=O)N2C(C)CCCC2C)s1. The van der Waals surface area contributed by atoms with Gasteiger partial charge in [-0.15, -0.1) is 11.3 Å². The molecule has 2 heterocycles. The minimum Gasteiger partial charge on any atom is -0.332 e. The highest BCUT2D eigenvalue weighted by atomic mass is 32.1. The predicted octanol–water partition coefficient (Wildman–Crippen LogP) is 3.98. The molecule has 4 heteroatoms. The molecule has 0 aliphatic carbocycles. The van der Waals surface area contributed by atoms with Crippen LogP contribution in [0.1, 0.15) is 73.2 Å². The summed E-state index contributed by atoms with van der Waals surface area (Å²) in [5, 5.41) is 0.990. The second-order valence-electron chi connectivity index (χ2n) is 5.94. The summed E-state index contributed by atoms with van der Waals surface area (Å²) in [6.07, 6.45) is 3.46. The third kappa shape index (κ3) is 2.83. The molecule has 3 nitrogen and oxygen atoms in total. The van der Waals surface area contributed by atoms with Gasteiger partial charge in [0.25, 0.3) is 5.91 Å². The first kappa shape index (κ1) is 14.5. The molecule has 19 heavy (non-hydrogen) atoms. The number of piperidine rings is 1. The molecule has 0 N–H and O–H groups in total. The van der Waals surface area contributed by atoms with Crippen LogP contribution in [0.3, 0.4) is 0 Å². The van der Waals surface area contributed by atoms with Gasteiger partial charge in [0.05, 0.1) is 10.7 Å². The summed E-state index contributed by atoms with van der Waals surface area (Å²) in [4.78, 5) is 20.3. The quantitative estimate of drug-likeness (QED) is 0.821. The Bertz CT molecular complexity index is 457. The van der Waals surface area contributed by atoms with E-state index in [0.717, 1.165) is 28.4 Å². The zero-order chi connectivity index (χ0) is 14.2. The van der Waals surface area contributed by atoms with E-state index in [0.29, 0.717) is 18.0 Å². The number of aromatic nitrogens is 1. The van der Waals surface area contributed by atoms with Crippen molar-refractivity contribution < 1.29 is 4.79 Å². The fraction of sp³-hybridized carbons (Fsp3) is 0.733. The summed E-state index contributed by atoms with van der Waals surface area (Å²) in [5.41, 5.74) is 0.970. The van der Waals surface area contributed by atoms with Crippen molar-refractivity contribution in [3.8, 4) is 0 Å². The van der Waals surface area contributed by atoms with Crippen LogP contribution in [-0.2, 0) is 0 Å². The summed E-state index contributed by atoms with van der Waals surface area (Å²) in [6.45, 7) is 10.5. The average Bonchev–Trinajstić information content (AvgIpc) is 2.71. The minimum absolute atomic E-state index is 0.189. The molecule has 0 aromatic carbocycles. The molecular formula is C15H24N2OS. The summed E-state index contributed by atoms with van der Waals surface area (Å²) in [7, 11) is 0. The van der Waals surface area contributed by atoms with Crippen molar-refractivity contribution in [1.82, 2.24) is 9.88 Å². The van der Waals surface area contributed by atoms with E-state index in [4.69, 9.17) is 0 Å². The van der Waals surface area contributed by atoms with Gasteiger partial charge in [0.15, 0.2) is 0 Å². The normalized spacial score (nSPS) is 24.0. The van der Waals surface area contributed by atoms with E-state index in [1.54, 1.807) is 11.3 Å². The lowest BCUT2D eigenvalue weighted by Gasteiger charge is -2.39. The van der Waals surface area contributed by atoms with Crippen LogP contribution in [-0.4, -0.2) is 27.9 Å². The number of aryl methyl sites for hydroxylation is 1. The van der Waals surface area contributed by atoms with Gasteiger partial charge >= 0.3 is 0 Å². The van der Waals surface area contributed by atoms with Crippen LogP contribution in [0.25, 0.3) is 0 Å². The summed E-state index contributed by atoms with van der Waals surface area (Å²) < 4.78 is 0. The number of likely N-dealkylation sites (tertiary alicyclic amines) is 1. The smallest absolute Gasteiger partial charge is 0.266 e. The topological polar surface area (TPSA) is 33.2 Å². The van der Waals surface area contributed by atoms with E-state index in [1.165, 1.54) is 6.42 Å². The van der Waals surface area contributed by atoms with Crippen LogP contribution in [0.15, 0.2) is 0 Å². The van der Waals surface area contributed by atoms with Crippen LogP contribution < -0.4 is 0 Å². The van der Waals surface area contributed by atoms with Crippen molar-refractivity contribution in [3.05, 3.63) is 15.6 Å². The number of hydrogen-bond donors (Lipinski definition) is 0. The third-order valence-corrected chi connectivity index (χ3v) is 4.90. The molecule has 2 rings (SSSR count). The van der Waals surface area contributed by atoms with Crippen LogP contribution >= 0.6 is 11.3 Å². The zero-order valence-electron chi connectivity index (χ0n) is 12.6. The largest absolute Gasteiger partial charge is 0.332 e. The molecule has 1 saturated heterocycles. The number of nitrogens with zero attached hydrogens (tertiary/aromatic N) is 2. The van der Waals surface area contributed by atoms with Gasteiger partial charge < -0.3 is 4.90 Å². The van der Waals surface area contributed by atoms with E-state index in [1.807, 2.05) is 6.92 Å². The highest BCUT2D eigenvalue weighted by Crippen LogP contribution is 2.30. The predicted molar refractivity (Wildman–Crippen MR) is 79.9 cm³/mol. The molecule has 1 amide bonds. The molecule has 2 atom stereocenters. The summed E-state index contributed by atoms with van der Waals surface area (Å²) >= 11 is 1.55.